The van der Waals surface area contributed by atoms with Gasteiger partial charge in [0.25, 0.3) is 0 Å². The van der Waals surface area contributed by atoms with Crippen LogP contribution in [-0.4, -0.2) is 13.7 Å². The van der Waals surface area contributed by atoms with E-state index in [9.17, 15) is 0 Å². The van der Waals surface area contributed by atoms with E-state index in [1.165, 1.54) is 0 Å². The van der Waals surface area contributed by atoms with Gasteiger partial charge in [-0.05, 0) is 56.1 Å². The first-order chi connectivity index (χ1) is 9.97. The standard InChI is InChI=1S/C14H13Br2Cl2NOS/c1-3-19-13(12-5-8(15)14(16)21-12)7-4-10(18)11(20-2)6-9(7)17/h4-6,13,19H,3H2,1-2H3. The van der Waals surface area contributed by atoms with Crippen LogP contribution in [0.4, 0.5) is 0 Å². The molecule has 1 heterocycles. The van der Waals surface area contributed by atoms with Crippen molar-refractivity contribution in [2.24, 2.45) is 0 Å². The fourth-order valence-corrected chi connectivity index (χ4v) is 4.69. The minimum Gasteiger partial charge on any atom is -0.495 e. The van der Waals surface area contributed by atoms with Crippen LogP contribution in [0.15, 0.2) is 26.5 Å². The van der Waals surface area contributed by atoms with E-state index in [1.54, 1.807) is 24.5 Å². The maximum Gasteiger partial charge on any atom is 0.138 e. The molecule has 0 amide bonds. The quantitative estimate of drug-likeness (QED) is 0.551. The van der Waals surface area contributed by atoms with E-state index in [1.807, 2.05) is 6.07 Å². The second kappa shape index (κ2) is 7.66. The molecule has 1 atom stereocenters. The Labute approximate surface area is 155 Å². The highest BCUT2D eigenvalue weighted by Crippen LogP contribution is 2.41. The fraction of sp³-hybridized carbons (Fsp3) is 0.286. The molecule has 21 heavy (non-hydrogen) atoms. The fourth-order valence-electron chi connectivity index (χ4n) is 2.00. The van der Waals surface area contributed by atoms with Crippen LogP contribution in [0.5, 0.6) is 5.75 Å². The Morgan fingerprint density at radius 2 is 1.95 bits per heavy atom. The number of nitrogens with one attached hydrogen (secondary N) is 1. The van der Waals surface area contributed by atoms with Gasteiger partial charge in [0.1, 0.15) is 5.75 Å². The average molecular weight is 474 g/mol. The molecule has 0 aliphatic heterocycles. The number of hydrogen-bond donors (Lipinski definition) is 1. The normalized spacial score (nSPS) is 12.5. The summed E-state index contributed by atoms with van der Waals surface area (Å²) >= 11 is 21.4. The third-order valence-corrected chi connectivity index (χ3v) is 6.88. The Bertz CT molecular complexity index is 629. The van der Waals surface area contributed by atoms with Crippen LogP contribution < -0.4 is 10.1 Å². The second-order valence-electron chi connectivity index (χ2n) is 4.27. The summed E-state index contributed by atoms with van der Waals surface area (Å²) in [5.41, 5.74) is 0.936. The topological polar surface area (TPSA) is 21.3 Å². The van der Waals surface area contributed by atoms with Crippen molar-refractivity contribution in [3.63, 3.8) is 0 Å². The van der Waals surface area contributed by atoms with Gasteiger partial charge >= 0.3 is 0 Å². The van der Waals surface area contributed by atoms with Crippen molar-refractivity contribution in [1.29, 1.82) is 0 Å². The maximum absolute atomic E-state index is 6.41. The van der Waals surface area contributed by atoms with E-state index >= 15 is 0 Å². The summed E-state index contributed by atoms with van der Waals surface area (Å²) in [6, 6.07) is 5.67. The molecule has 0 aliphatic carbocycles. The van der Waals surface area contributed by atoms with Crippen molar-refractivity contribution in [3.05, 3.63) is 46.9 Å². The Kier molecular flexibility index (Phi) is 6.41. The number of ether oxygens (including phenoxy) is 1. The van der Waals surface area contributed by atoms with Gasteiger partial charge in [0, 0.05) is 20.4 Å². The molecule has 114 valence electrons. The van der Waals surface area contributed by atoms with Gasteiger partial charge in [-0.15, -0.1) is 11.3 Å². The number of benzene rings is 1. The summed E-state index contributed by atoms with van der Waals surface area (Å²) in [5, 5.41) is 4.62. The smallest absolute Gasteiger partial charge is 0.138 e. The van der Waals surface area contributed by atoms with Crippen LogP contribution >= 0.6 is 66.4 Å². The van der Waals surface area contributed by atoms with Crippen LogP contribution in [0, 0.1) is 0 Å². The second-order valence-corrected chi connectivity index (χ2v) is 8.34. The number of rotatable bonds is 5. The maximum atomic E-state index is 6.41. The van der Waals surface area contributed by atoms with Crippen molar-refractivity contribution < 1.29 is 4.74 Å². The third-order valence-electron chi connectivity index (χ3n) is 2.94. The highest BCUT2D eigenvalue weighted by molar-refractivity contribution is 9.13. The lowest BCUT2D eigenvalue weighted by molar-refractivity contribution is 0.414. The van der Waals surface area contributed by atoms with Gasteiger partial charge in [-0.3, -0.25) is 0 Å². The van der Waals surface area contributed by atoms with Crippen molar-refractivity contribution in [2.45, 2.75) is 13.0 Å². The first kappa shape index (κ1) is 17.6. The molecular weight excluding hydrogens is 461 g/mol. The first-order valence-electron chi connectivity index (χ1n) is 6.19. The lowest BCUT2D eigenvalue weighted by Crippen LogP contribution is -2.21. The van der Waals surface area contributed by atoms with E-state index in [0.29, 0.717) is 15.8 Å². The Balaban J connectivity index is 2.50. The number of halogens is 4. The molecular formula is C14H13Br2Cl2NOS. The van der Waals surface area contributed by atoms with E-state index in [2.05, 4.69) is 50.2 Å². The zero-order valence-electron chi connectivity index (χ0n) is 11.3. The van der Waals surface area contributed by atoms with Crippen molar-refractivity contribution in [1.82, 2.24) is 5.32 Å². The molecule has 1 aromatic carbocycles. The van der Waals surface area contributed by atoms with Crippen LogP contribution in [0.3, 0.4) is 0 Å². The van der Waals surface area contributed by atoms with Gasteiger partial charge in [0.05, 0.1) is 22.0 Å². The summed E-state index contributed by atoms with van der Waals surface area (Å²) in [5.74, 6) is 0.578. The van der Waals surface area contributed by atoms with Crippen LogP contribution in [0.25, 0.3) is 0 Å². The molecule has 2 nitrogen and oxygen atoms in total. The number of methoxy groups -OCH3 is 1. The highest BCUT2D eigenvalue weighted by atomic mass is 79.9. The minimum atomic E-state index is -0.0153. The first-order valence-corrected chi connectivity index (χ1v) is 9.34. The number of thiophene rings is 1. The zero-order chi connectivity index (χ0) is 15.6. The van der Waals surface area contributed by atoms with E-state index in [4.69, 9.17) is 27.9 Å². The summed E-state index contributed by atoms with van der Waals surface area (Å²) in [7, 11) is 1.58. The molecule has 2 aromatic rings. The molecule has 1 aromatic heterocycles. The largest absolute Gasteiger partial charge is 0.495 e. The van der Waals surface area contributed by atoms with Gasteiger partial charge in [0.2, 0.25) is 0 Å². The lowest BCUT2D eigenvalue weighted by Gasteiger charge is -2.19. The van der Waals surface area contributed by atoms with E-state index < -0.39 is 0 Å². The third kappa shape index (κ3) is 3.95. The molecule has 1 unspecified atom stereocenters. The Hall–Kier alpha value is 0.220. The summed E-state index contributed by atoms with van der Waals surface area (Å²) in [6.07, 6.45) is 0. The molecule has 7 heteroatoms. The number of hydrogen-bond acceptors (Lipinski definition) is 3. The molecule has 0 bridgehead atoms. The molecule has 0 fully saturated rings. The highest BCUT2D eigenvalue weighted by Gasteiger charge is 2.21. The summed E-state index contributed by atoms with van der Waals surface area (Å²) < 4.78 is 7.28. The van der Waals surface area contributed by atoms with Crippen LogP contribution in [-0.2, 0) is 0 Å². The molecule has 0 saturated heterocycles. The molecule has 0 radical (unpaired) electrons. The average Bonchev–Trinajstić information content (AvgIpc) is 2.78. The molecule has 0 saturated carbocycles. The SMILES string of the molecule is CCNC(c1cc(Br)c(Br)s1)c1cc(Cl)c(OC)cc1Cl. The predicted octanol–water partition coefficient (Wildman–Crippen LogP) is 6.29. The zero-order valence-corrected chi connectivity index (χ0v) is 16.8. The summed E-state index contributed by atoms with van der Waals surface area (Å²) in [4.78, 5) is 1.15. The monoisotopic (exact) mass is 471 g/mol. The Morgan fingerprint density at radius 3 is 2.48 bits per heavy atom. The molecule has 0 spiro atoms. The van der Waals surface area contributed by atoms with Gasteiger partial charge < -0.3 is 10.1 Å². The van der Waals surface area contributed by atoms with Gasteiger partial charge in [-0.1, -0.05) is 30.1 Å². The van der Waals surface area contributed by atoms with Crippen molar-refractivity contribution in [2.75, 3.05) is 13.7 Å². The van der Waals surface area contributed by atoms with Gasteiger partial charge in [-0.2, -0.15) is 0 Å². The van der Waals surface area contributed by atoms with Gasteiger partial charge in [0.15, 0.2) is 0 Å². The van der Waals surface area contributed by atoms with Crippen molar-refractivity contribution in [3.8, 4) is 5.75 Å². The molecule has 2 rings (SSSR count). The lowest BCUT2D eigenvalue weighted by atomic mass is 10.0. The van der Waals surface area contributed by atoms with Gasteiger partial charge in [-0.25, -0.2) is 0 Å². The minimum absolute atomic E-state index is 0.0153. The summed E-state index contributed by atoms with van der Waals surface area (Å²) in [6.45, 7) is 2.88. The van der Waals surface area contributed by atoms with E-state index in [0.717, 1.165) is 25.2 Å². The molecule has 1 N–H and O–H groups in total. The predicted molar refractivity (Wildman–Crippen MR) is 98.3 cm³/mol. The molecule has 0 aliphatic rings. The van der Waals surface area contributed by atoms with Crippen molar-refractivity contribution >= 4 is 66.4 Å². The van der Waals surface area contributed by atoms with E-state index in [-0.39, 0.29) is 6.04 Å². The van der Waals surface area contributed by atoms with Crippen LogP contribution in [0.2, 0.25) is 10.0 Å². The van der Waals surface area contributed by atoms with Crippen LogP contribution in [0.1, 0.15) is 23.4 Å². The Morgan fingerprint density at radius 1 is 1.24 bits per heavy atom.